The van der Waals surface area contributed by atoms with E-state index < -0.39 is 5.60 Å². The number of nitrogens with zero attached hydrogens (tertiary/aromatic N) is 2. The number of carbonyl (C=O) groups excluding carboxylic acids is 1. The SMILES string of the molecule is COc1cnc2[nH]cc(C(C)CC(=O)N3C4CC(C)CC3CC(C)(O)C4)c2c1Cl. The fourth-order valence-corrected chi connectivity index (χ4v) is 5.82. The summed E-state index contributed by atoms with van der Waals surface area (Å²) in [6.07, 6.45) is 7.15. The Morgan fingerprint density at radius 2 is 2.10 bits per heavy atom. The van der Waals surface area contributed by atoms with Crippen molar-refractivity contribution >= 4 is 28.5 Å². The zero-order valence-electron chi connectivity index (χ0n) is 17.5. The van der Waals surface area contributed by atoms with Gasteiger partial charge in [0, 0.05) is 30.1 Å². The highest BCUT2D eigenvalue weighted by Crippen LogP contribution is 2.43. The van der Waals surface area contributed by atoms with Crippen LogP contribution in [0.2, 0.25) is 5.02 Å². The largest absolute Gasteiger partial charge is 0.494 e. The van der Waals surface area contributed by atoms with E-state index in [1.54, 1.807) is 13.3 Å². The highest BCUT2D eigenvalue weighted by molar-refractivity contribution is 6.37. The average molecular weight is 420 g/mol. The summed E-state index contributed by atoms with van der Waals surface area (Å²) < 4.78 is 5.31. The predicted octanol–water partition coefficient (Wildman–Crippen LogP) is 4.26. The van der Waals surface area contributed by atoms with Crippen molar-refractivity contribution in [2.45, 2.75) is 76.5 Å². The molecule has 0 spiro atoms. The molecule has 2 fully saturated rings. The van der Waals surface area contributed by atoms with Crippen LogP contribution in [0.5, 0.6) is 5.75 Å². The van der Waals surface area contributed by atoms with E-state index in [1.807, 2.05) is 13.1 Å². The van der Waals surface area contributed by atoms with E-state index in [0.29, 0.717) is 41.6 Å². The van der Waals surface area contributed by atoms with Gasteiger partial charge < -0.3 is 19.7 Å². The van der Waals surface area contributed by atoms with Crippen LogP contribution in [0.25, 0.3) is 11.0 Å². The number of hydrogen-bond donors (Lipinski definition) is 2. The molecule has 3 unspecified atom stereocenters. The predicted molar refractivity (Wildman–Crippen MR) is 113 cm³/mol. The fraction of sp³-hybridized carbons (Fsp3) is 0.636. The lowest BCUT2D eigenvalue weighted by atomic mass is 9.73. The lowest BCUT2D eigenvalue weighted by Gasteiger charge is -2.53. The maximum atomic E-state index is 13.3. The first-order valence-electron chi connectivity index (χ1n) is 10.4. The number of fused-ring (bicyclic) bond motifs is 3. The number of hydrogen-bond acceptors (Lipinski definition) is 4. The van der Waals surface area contributed by atoms with E-state index in [-0.39, 0.29) is 23.9 Å². The van der Waals surface area contributed by atoms with E-state index >= 15 is 0 Å². The average Bonchev–Trinajstić information content (AvgIpc) is 3.05. The van der Waals surface area contributed by atoms with Gasteiger partial charge in [0.15, 0.2) is 5.75 Å². The van der Waals surface area contributed by atoms with Crippen molar-refractivity contribution in [2.24, 2.45) is 5.92 Å². The summed E-state index contributed by atoms with van der Waals surface area (Å²) in [5.41, 5.74) is 1.00. The number of piperidine rings is 2. The van der Waals surface area contributed by atoms with Crippen LogP contribution in [0.1, 0.15) is 64.4 Å². The molecule has 2 aromatic rings. The lowest BCUT2D eigenvalue weighted by Crippen LogP contribution is -2.60. The summed E-state index contributed by atoms with van der Waals surface area (Å²) in [7, 11) is 1.57. The van der Waals surface area contributed by atoms with Crippen molar-refractivity contribution in [3.63, 3.8) is 0 Å². The third-order valence-electron chi connectivity index (χ3n) is 6.64. The van der Waals surface area contributed by atoms with Crippen molar-refractivity contribution in [1.29, 1.82) is 0 Å². The van der Waals surface area contributed by atoms with Gasteiger partial charge in [0.1, 0.15) is 5.65 Å². The van der Waals surface area contributed by atoms with Gasteiger partial charge in [-0.15, -0.1) is 0 Å². The molecule has 4 heterocycles. The first-order valence-corrected chi connectivity index (χ1v) is 10.8. The Bertz CT molecular complexity index is 907. The molecule has 6 nitrogen and oxygen atoms in total. The highest BCUT2D eigenvalue weighted by atomic mass is 35.5. The third-order valence-corrected chi connectivity index (χ3v) is 7.02. The molecule has 2 aromatic heterocycles. The Morgan fingerprint density at radius 3 is 2.72 bits per heavy atom. The summed E-state index contributed by atoms with van der Waals surface area (Å²) in [5, 5.41) is 12.0. The molecule has 4 rings (SSSR count). The number of aliphatic hydroxyl groups is 1. The minimum atomic E-state index is -0.676. The first kappa shape index (κ1) is 20.5. The van der Waals surface area contributed by atoms with Crippen LogP contribution >= 0.6 is 11.6 Å². The van der Waals surface area contributed by atoms with Crippen LogP contribution in [-0.4, -0.2) is 50.7 Å². The number of amides is 1. The van der Waals surface area contributed by atoms with Gasteiger partial charge in [-0.05, 0) is 50.0 Å². The number of aromatic nitrogens is 2. The minimum absolute atomic E-state index is 0.0109. The molecule has 2 aliphatic rings. The number of aromatic amines is 1. The van der Waals surface area contributed by atoms with Crippen molar-refractivity contribution in [3.8, 4) is 5.75 Å². The summed E-state index contributed by atoms with van der Waals surface area (Å²) in [4.78, 5) is 22.9. The van der Waals surface area contributed by atoms with Crippen LogP contribution in [0, 0.1) is 5.92 Å². The van der Waals surface area contributed by atoms with E-state index in [2.05, 4.69) is 28.7 Å². The molecule has 7 heteroatoms. The van der Waals surface area contributed by atoms with Crippen molar-refractivity contribution in [2.75, 3.05) is 7.11 Å². The maximum Gasteiger partial charge on any atom is 0.223 e. The standard InChI is InChI=1S/C22H30ClN3O3/c1-12-5-14-8-22(3,28)9-15(6-12)26(14)18(27)7-13(2)16-10-24-21-19(16)20(23)17(29-4)11-25-21/h10-15,28H,5-9H2,1-4H3,(H,24,25). The number of H-pyrrole nitrogens is 1. The molecule has 158 valence electrons. The molecule has 0 aromatic carbocycles. The van der Waals surface area contributed by atoms with E-state index in [0.717, 1.165) is 23.8 Å². The third kappa shape index (κ3) is 3.73. The number of ether oxygens (including phenoxy) is 1. The van der Waals surface area contributed by atoms with Crippen molar-refractivity contribution < 1.29 is 14.6 Å². The van der Waals surface area contributed by atoms with Crippen molar-refractivity contribution in [1.82, 2.24) is 14.9 Å². The van der Waals surface area contributed by atoms with Gasteiger partial charge in [-0.25, -0.2) is 4.98 Å². The van der Waals surface area contributed by atoms with E-state index in [1.165, 1.54) is 0 Å². The second-order valence-electron chi connectivity index (χ2n) is 9.30. The number of rotatable bonds is 4. The smallest absolute Gasteiger partial charge is 0.223 e. The molecule has 0 aliphatic carbocycles. The van der Waals surface area contributed by atoms with E-state index in [9.17, 15) is 9.90 Å². The Balaban J connectivity index is 1.57. The Labute approximate surface area is 176 Å². The summed E-state index contributed by atoms with van der Waals surface area (Å²) in [6.45, 7) is 6.20. The minimum Gasteiger partial charge on any atom is -0.494 e. The van der Waals surface area contributed by atoms with Crippen LogP contribution in [0.4, 0.5) is 0 Å². The molecule has 2 aliphatic heterocycles. The van der Waals surface area contributed by atoms with Crippen LogP contribution < -0.4 is 4.74 Å². The Hall–Kier alpha value is -1.79. The molecule has 1 amide bonds. The lowest BCUT2D eigenvalue weighted by molar-refractivity contribution is -0.152. The van der Waals surface area contributed by atoms with Crippen LogP contribution in [-0.2, 0) is 4.79 Å². The van der Waals surface area contributed by atoms with Crippen molar-refractivity contribution in [3.05, 3.63) is 23.0 Å². The number of pyridine rings is 1. The zero-order chi connectivity index (χ0) is 20.9. The molecule has 2 saturated heterocycles. The first-order chi connectivity index (χ1) is 13.7. The normalized spacial score (nSPS) is 30.4. The molecule has 29 heavy (non-hydrogen) atoms. The molecule has 2 N–H and O–H groups in total. The van der Waals surface area contributed by atoms with Gasteiger partial charge in [-0.3, -0.25) is 4.79 Å². The summed E-state index contributed by atoms with van der Waals surface area (Å²) >= 11 is 6.53. The number of nitrogens with one attached hydrogen (secondary N) is 1. The highest BCUT2D eigenvalue weighted by Gasteiger charge is 2.46. The van der Waals surface area contributed by atoms with E-state index in [4.69, 9.17) is 16.3 Å². The van der Waals surface area contributed by atoms with Gasteiger partial charge >= 0.3 is 0 Å². The molecule has 3 atom stereocenters. The molecular weight excluding hydrogens is 390 g/mol. The number of halogens is 1. The fourth-order valence-electron chi connectivity index (χ4n) is 5.49. The summed E-state index contributed by atoms with van der Waals surface area (Å²) in [5.74, 6) is 1.27. The Kier molecular flexibility index (Phi) is 5.28. The summed E-state index contributed by atoms with van der Waals surface area (Å²) in [6, 6.07) is 0.251. The zero-order valence-corrected chi connectivity index (χ0v) is 18.3. The van der Waals surface area contributed by atoms with Crippen LogP contribution in [0.15, 0.2) is 12.4 Å². The van der Waals surface area contributed by atoms with Gasteiger partial charge in [-0.2, -0.15) is 0 Å². The molecular formula is C22H30ClN3O3. The number of carbonyl (C=O) groups is 1. The molecule has 2 bridgehead atoms. The Morgan fingerprint density at radius 1 is 1.45 bits per heavy atom. The van der Waals surface area contributed by atoms with Gasteiger partial charge in [0.2, 0.25) is 5.91 Å². The second kappa shape index (κ2) is 7.47. The van der Waals surface area contributed by atoms with Gasteiger partial charge in [0.05, 0.1) is 23.9 Å². The molecule has 0 saturated carbocycles. The number of methoxy groups -OCH3 is 1. The maximum absolute atomic E-state index is 13.3. The van der Waals surface area contributed by atoms with Gasteiger partial charge in [0.25, 0.3) is 0 Å². The topological polar surface area (TPSA) is 78.5 Å². The monoisotopic (exact) mass is 419 g/mol. The quantitative estimate of drug-likeness (QED) is 0.776. The van der Waals surface area contributed by atoms with Gasteiger partial charge in [-0.1, -0.05) is 25.4 Å². The second-order valence-corrected chi connectivity index (χ2v) is 9.68. The van der Waals surface area contributed by atoms with Crippen LogP contribution in [0.3, 0.4) is 0 Å². The molecule has 0 radical (unpaired) electrons.